The Morgan fingerprint density at radius 3 is 2.41 bits per heavy atom. The molecule has 5 nitrogen and oxygen atoms in total. The SMILES string of the molecule is Cc1cccc(-c2ccnc([C@@]3(C)NC(=N)N(C)C(=O)[C@H]3c3ccc(C4CC4)cc3)c2)c1. The van der Waals surface area contributed by atoms with E-state index in [-0.39, 0.29) is 11.9 Å². The molecule has 0 radical (unpaired) electrons. The normalized spacial score (nSPS) is 23.2. The minimum Gasteiger partial charge on any atom is -0.344 e. The Balaban J connectivity index is 1.59. The van der Waals surface area contributed by atoms with Crippen molar-refractivity contribution in [3.8, 4) is 11.1 Å². The van der Waals surface area contributed by atoms with E-state index in [0.717, 1.165) is 22.4 Å². The number of guanidine groups is 1. The summed E-state index contributed by atoms with van der Waals surface area (Å²) in [6.45, 7) is 4.06. The van der Waals surface area contributed by atoms with Gasteiger partial charge in [0, 0.05) is 13.2 Å². The zero-order valence-electron chi connectivity index (χ0n) is 18.7. The van der Waals surface area contributed by atoms with Crippen LogP contribution in [0.4, 0.5) is 0 Å². The van der Waals surface area contributed by atoms with Crippen LogP contribution in [-0.2, 0) is 10.3 Å². The maximum atomic E-state index is 13.5. The van der Waals surface area contributed by atoms with Crippen molar-refractivity contribution in [2.75, 3.05) is 7.05 Å². The molecule has 2 N–H and O–H groups in total. The van der Waals surface area contributed by atoms with Gasteiger partial charge in [0.1, 0.15) is 0 Å². The summed E-state index contributed by atoms with van der Waals surface area (Å²) in [5, 5.41) is 11.7. The molecule has 32 heavy (non-hydrogen) atoms. The summed E-state index contributed by atoms with van der Waals surface area (Å²) >= 11 is 0. The molecule has 2 atom stereocenters. The summed E-state index contributed by atoms with van der Waals surface area (Å²) in [5.74, 6) is 0.165. The standard InChI is InChI=1S/C27H28N4O/c1-17-5-4-6-21(15-17)22-13-14-29-23(16-22)27(2)24(25(32)31(3)26(28)30-27)20-11-9-19(10-12-20)18-7-8-18/h4-6,9-16,18,24H,7-8H2,1-3H3,(H2,28,30)/t24-,27-/m1/s1. The van der Waals surface area contributed by atoms with Crippen molar-refractivity contribution in [2.24, 2.45) is 0 Å². The number of likely N-dealkylation sites (N-methyl/N-ethyl adjacent to an activating group) is 1. The molecule has 2 aromatic carbocycles. The molecule has 2 fully saturated rings. The van der Waals surface area contributed by atoms with Gasteiger partial charge in [-0.05, 0) is 67.0 Å². The second-order valence-corrected chi connectivity index (χ2v) is 9.25. The Morgan fingerprint density at radius 1 is 1.03 bits per heavy atom. The first-order valence-electron chi connectivity index (χ1n) is 11.1. The first-order chi connectivity index (χ1) is 15.4. The van der Waals surface area contributed by atoms with E-state index in [1.807, 2.05) is 25.1 Å². The highest BCUT2D eigenvalue weighted by Gasteiger charge is 2.49. The van der Waals surface area contributed by atoms with Crippen LogP contribution in [0.2, 0.25) is 0 Å². The quantitative estimate of drug-likeness (QED) is 0.624. The summed E-state index contributed by atoms with van der Waals surface area (Å²) in [5.41, 5.74) is 5.53. The molecular weight excluding hydrogens is 396 g/mol. The van der Waals surface area contributed by atoms with Crippen LogP contribution >= 0.6 is 0 Å². The van der Waals surface area contributed by atoms with E-state index in [4.69, 9.17) is 5.41 Å². The van der Waals surface area contributed by atoms with Crippen molar-refractivity contribution >= 4 is 11.9 Å². The van der Waals surface area contributed by atoms with Crippen molar-refractivity contribution in [1.29, 1.82) is 5.41 Å². The third kappa shape index (κ3) is 3.48. The maximum Gasteiger partial charge on any atom is 0.239 e. The van der Waals surface area contributed by atoms with E-state index in [1.165, 1.54) is 28.9 Å². The van der Waals surface area contributed by atoms with Gasteiger partial charge in [0.2, 0.25) is 5.91 Å². The number of aryl methyl sites for hydroxylation is 1. The average Bonchev–Trinajstić information content (AvgIpc) is 3.64. The number of hydrogen-bond donors (Lipinski definition) is 2. The fourth-order valence-corrected chi connectivity index (χ4v) is 4.74. The van der Waals surface area contributed by atoms with Gasteiger partial charge in [-0.15, -0.1) is 0 Å². The van der Waals surface area contributed by atoms with Gasteiger partial charge in [-0.25, -0.2) is 0 Å². The molecule has 1 saturated carbocycles. The van der Waals surface area contributed by atoms with Crippen LogP contribution in [0.25, 0.3) is 11.1 Å². The Labute approximate surface area is 189 Å². The number of aromatic nitrogens is 1. The maximum absolute atomic E-state index is 13.5. The first-order valence-corrected chi connectivity index (χ1v) is 11.1. The van der Waals surface area contributed by atoms with Crippen LogP contribution in [0.5, 0.6) is 0 Å². The van der Waals surface area contributed by atoms with Gasteiger partial charge in [-0.3, -0.25) is 20.1 Å². The van der Waals surface area contributed by atoms with Crippen LogP contribution in [0.3, 0.4) is 0 Å². The van der Waals surface area contributed by atoms with E-state index in [2.05, 4.69) is 59.7 Å². The minimum absolute atomic E-state index is 0.0890. The Kier molecular flexibility index (Phi) is 4.85. The Bertz CT molecular complexity index is 1200. The summed E-state index contributed by atoms with van der Waals surface area (Å²) in [4.78, 5) is 19.5. The monoisotopic (exact) mass is 424 g/mol. The van der Waals surface area contributed by atoms with Gasteiger partial charge in [-0.2, -0.15) is 0 Å². The van der Waals surface area contributed by atoms with Gasteiger partial charge in [0.05, 0.1) is 17.2 Å². The number of rotatable bonds is 4. The predicted molar refractivity (Wildman–Crippen MR) is 127 cm³/mol. The van der Waals surface area contributed by atoms with E-state index in [9.17, 15) is 4.79 Å². The lowest BCUT2D eigenvalue weighted by Crippen LogP contribution is -2.62. The topological polar surface area (TPSA) is 69.1 Å². The van der Waals surface area contributed by atoms with Gasteiger partial charge >= 0.3 is 0 Å². The molecule has 2 heterocycles. The van der Waals surface area contributed by atoms with Gasteiger partial charge < -0.3 is 5.32 Å². The number of benzene rings is 2. The van der Waals surface area contributed by atoms with Crippen LogP contribution in [-0.4, -0.2) is 28.8 Å². The summed E-state index contributed by atoms with van der Waals surface area (Å²) in [6, 6.07) is 20.8. The number of carbonyl (C=O) groups excluding carboxylic acids is 1. The van der Waals surface area contributed by atoms with Crippen molar-refractivity contribution in [3.63, 3.8) is 0 Å². The van der Waals surface area contributed by atoms with Gasteiger partial charge in [-0.1, -0.05) is 54.1 Å². The molecule has 1 amide bonds. The molecule has 1 saturated heterocycles. The molecule has 0 bridgehead atoms. The number of hydrogen-bond acceptors (Lipinski definition) is 3. The van der Waals surface area contributed by atoms with Crippen molar-refractivity contribution in [3.05, 3.63) is 89.2 Å². The third-order valence-corrected chi connectivity index (χ3v) is 6.83. The summed E-state index contributed by atoms with van der Waals surface area (Å²) < 4.78 is 0. The molecule has 0 unspecified atom stereocenters. The fourth-order valence-electron chi connectivity index (χ4n) is 4.74. The number of amides is 1. The highest BCUT2D eigenvalue weighted by Crippen LogP contribution is 2.43. The zero-order chi connectivity index (χ0) is 22.5. The average molecular weight is 425 g/mol. The zero-order valence-corrected chi connectivity index (χ0v) is 18.7. The molecule has 0 spiro atoms. The Hall–Kier alpha value is -3.47. The van der Waals surface area contributed by atoms with Crippen LogP contribution in [0.1, 0.15) is 54.0 Å². The predicted octanol–water partition coefficient (Wildman–Crippen LogP) is 4.93. The first kappa shape index (κ1) is 20.4. The smallest absolute Gasteiger partial charge is 0.239 e. The van der Waals surface area contributed by atoms with E-state index in [0.29, 0.717) is 5.92 Å². The van der Waals surface area contributed by atoms with Crippen LogP contribution in [0.15, 0.2) is 66.9 Å². The number of pyridine rings is 1. The highest BCUT2D eigenvalue weighted by atomic mass is 16.2. The number of nitrogens with one attached hydrogen (secondary N) is 2. The Morgan fingerprint density at radius 2 is 1.72 bits per heavy atom. The van der Waals surface area contributed by atoms with E-state index < -0.39 is 11.5 Å². The van der Waals surface area contributed by atoms with Gasteiger partial charge in [0.25, 0.3) is 0 Å². The van der Waals surface area contributed by atoms with Gasteiger partial charge in [0.15, 0.2) is 5.96 Å². The van der Waals surface area contributed by atoms with E-state index in [1.54, 1.807) is 13.2 Å². The van der Waals surface area contributed by atoms with Crippen LogP contribution in [0, 0.1) is 12.3 Å². The second-order valence-electron chi connectivity index (χ2n) is 9.25. The second kappa shape index (κ2) is 7.59. The highest BCUT2D eigenvalue weighted by molar-refractivity contribution is 6.02. The lowest BCUT2D eigenvalue weighted by atomic mass is 9.75. The third-order valence-electron chi connectivity index (χ3n) is 6.83. The van der Waals surface area contributed by atoms with E-state index >= 15 is 0 Å². The number of nitrogens with zero attached hydrogens (tertiary/aromatic N) is 2. The van der Waals surface area contributed by atoms with Crippen LogP contribution < -0.4 is 5.32 Å². The molecule has 1 aliphatic carbocycles. The molecular formula is C27H28N4O. The molecule has 1 aromatic heterocycles. The molecule has 1 aliphatic heterocycles. The molecule has 5 rings (SSSR count). The van der Waals surface area contributed by atoms with Crippen molar-refractivity contribution in [1.82, 2.24) is 15.2 Å². The molecule has 2 aliphatic rings. The largest absolute Gasteiger partial charge is 0.344 e. The van der Waals surface area contributed by atoms with Crippen molar-refractivity contribution in [2.45, 2.75) is 44.1 Å². The lowest BCUT2D eigenvalue weighted by Gasteiger charge is -2.45. The number of carbonyl (C=O) groups is 1. The van der Waals surface area contributed by atoms with Crippen molar-refractivity contribution < 1.29 is 4.79 Å². The minimum atomic E-state index is -0.846. The molecule has 5 heteroatoms. The fraction of sp³-hybridized carbons (Fsp3) is 0.296. The molecule has 3 aromatic rings. The lowest BCUT2D eigenvalue weighted by molar-refractivity contribution is -0.131. The summed E-state index contributed by atoms with van der Waals surface area (Å²) in [6.07, 6.45) is 4.28. The summed E-state index contributed by atoms with van der Waals surface area (Å²) in [7, 11) is 1.65. The molecule has 162 valence electrons.